The van der Waals surface area contributed by atoms with Gasteiger partial charge in [0.1, 0.15) is 18.0 Å². The molecule has 1 fully saturated rings. The van der Waals surface area contributed by atoms with Crippen LogP contribution in [0.25, 0.3) is 5.82 Å². The average molecular weight is 439 g/mol. The van der Waals surface area contributed by atoms with Gasteiger partial charge in [-0.25, -0.2) is 19.0 Å². The molecule has 1 amide bonds. The lowest BCUT2D eigenvalue weighted by atomic mass is 10.1. The molecule has 0 spiro atoms. The van der Waals surface area contributed by atoms with E-state index in [9.17, 15) is 9.18 Å². The lowest BCUT2D eigenvalue weighted by Crippen LogP contribution is -2.36. The van der Waals surface area contributed by atoms with Crippen LogP contribution in [0.4, 0.5) is 15.9 Å². The van der Waals surface area contributed by atoms with Crippen LogP contribution in [0.15, 0.2) is 30.6 Å². The number of ether oxygens (including phenoxy) is 1. The van der Waals surface area contributed by atoms with Crippen LogP contribution in [0.2, 0.25) is 0 Å². The monoisotopic (exact) mass is 438 g/mol. The van der Waals surface area contributed by atoms with Crippen LogP contribution in [-0.2, 0) is 16.0 Å². The van der Waals surface area contributed by atoms with Crippen LogP contribution >= 0.6 is 0 Å². The molecule has 8 nitrogen and oxygen atoms in total. The fraction of sp³-hybridized carbons (Fsp3) is 0.391. The highest BCUT2D eigenvalue weighted by atomic mass is 19.1. The van der Waals surface area contributed by atoms with Crippen molar-refractivity contribution in [3.63, 3.8) is 0 Å². The van der Waals surface area contributed by atoms with Gasteiger partial charge in [0.2, 0.25) is 5.91 Å². The summed E-state index contributed by atoms with van der Waals surface area (Å²) < 4.78 is 20.5. The lowest BCUT2D eigenvalue weighted by molar-refractivity contribution is -0.116. The van der Waals surface area contributed by atoms with Gasteiger partial charge >= 0.3 is 0 Å². The standard InChI is InChI=1S/C23H27FN6O2/c1-15-12-18(24)4-6-20(15)27-23(31)7-5-19-16(2)28-30(17(19)3)22-13-21(25-14-26-22)29-8-10-32-11-9-29/h4,6,12-14H,5,7-11H2,1-3H3,(H,27,31). The van der Waals surface area contributed by atoms with Crippen LogP contribution in [0.1, 0.15) is 28.9 Å². The first-order valence-corrected chi connectivity index (χ1v) is 10.7. The Morgan fingerprint density at radius 2 is 1.88 bits per heavy atom. The van der Waals surface area contributed by atoms with Gasteiger partial charge in [-0.2, -0.15) is 5.10 Å². The van der Waals surface area contributed by atoms with E-state index in [-0.39, 0.29) is 11.7 Å². The Morgan fingerprint density at radius 3 is 2.62 bits per heavy atom. The number of rotatable bonds is 6. The minimum absolute atomic E-state index is 0.122. The summed E-state index contributed by atoms with van der Waals surface area (Å²) in [6.45, 7) is 8.64. The van der Waals surface area contributed by atoms with Crippen LogP contribution in [0, 0.1) is 26.6 Å². The molecule has 1 saturated heterocycles. The number of aromatic nitrogens is 4. The van der Waals surface area contributed by atoms with E-state index in [1.807, 2.05) is 19.9 Å². The SMILES string of the molecule is Cc1cc(F)ccc1NC(=O)CCc1c(C)nn(-c2cc(N3CCOCC3)ncn2)c1C. The molecule has 168 valence electrons. The molecule has 0 saturated carbocycles. The summed E-state index contributed by atoms with van der Waals surface area (Å²) in [5.74, 6) is 1.10. The molecule has 0 radical (unpaired) electrons. The van der Waals surface area contributed by atoms with Crippen molar-refractivity contribution in [1.29, 1.82) is 0 Å². The normalized spacial score (nSPS) is 13.9. The smallest absolute Gasteiger partial charge is 0.224 e. The van der Waals surface area contributed by atoms with E-state index in [1.165, 1.54) is 12.1 Å². The van der Waals surface area contributed by atoms with E-state index in [0.717, 1.165) is 35.9 Å². The quantitative estimate of drug-likeness (QED) is 0.637. The molecule has 0 aliphatic carbocycles. The van der Waals surface area contributed by atoms with E-state index >= 15 is 0 Å². The average Bonchev–Trinajstić information content (AvgIpc) is 3.08. The van der Waals surface area contributed by atoms with Crippen molar-refractivity contribution in [3.05, 3.63) is 58.9 Å². The third kappa shape index (κ3) is 4.77. The summed E-state index contributed by atoms with van der Waals surface area (Å²) in [6, 6.07) is 6.26. The predicted molar refractivity (Wildman–Crippen MR) is 120 cm³/mol. The van der Waals surface area contributed by atoms with Gasteiger partial charge in [0.05, 0.1) is 18.9 Å². The van der Waals surface area contributed by atoms with Gasteiger partial charge in [-0.3, -0.25) is 4.79 Å². The van der Waals surface area contributed by atoms with E-state index in [2.05, 4.69) is 25.3 Å². The highest BCUT2D eigenvalue weighted by Gasteiger charge is 2.18. The van der Waals surface area contributed by atoms with Crippen molar-refractivity contribution in [2.75, 3.05) is 36.5 Å². The second-order valence-corrected chi connectivity index (χ2v) is 7.90. The molecule has 4 rings (SSSR count). The highest BCUT2D eigenvalue weighted by molar-refractivity contribution is 5.91. The Kier molecular flexibility index (Phi) is 6.45. The minimum Gasteiger partial charge on any atom is -0.378 e. The molecule has 0 unspecified atom stereocenters. The largest absolute Gasteiger partial charge is 0.378 e. The van der Waals surface area contributed by atoms with Gasteiger partial charge in [-0.1, -0.05) is 0 Å². The van der Waals surface area contributed by atoms with Gasteiger partial charge < -0.3 is 15.0 Å². The van der Waals surface area contributed by atoms with Gasteiger partial charge in [0.25, 0.3) is 0 Å². The molecule has 1 N–H and O–H groups in total. The Bertz CT molecular complexity index is 1120. The summed E-state index contributed by atoms with van der Waals surface area (Å²) >= 11 is 0. The molecule has 1 aliphatic heterocycles. The van der Waals surface area contributed by atoms with Crippen LogP contribution < -0.4 is 10.2 Å². The molecule has 3 heterocycles. The number of hydrogen-bond donors (Lipinski definition) is 1. The topological polar surface area (TPSA) is 85.2 Å². The van der Waals surface area contributed by atoms with Crippen molar-refractivity contribution in [2.24, 2.45) is 0 Å². The highest BCUT2D eigenvalue weighted by Crippen LogP contribution is 2.22. The second-order valence-electron chi connectivity index (χ2n) is 7.90. The number of halogens is 1. The molecule has 3 aromatic rings. The van der Waals surface area contributed by atoms with Crippen molar-refractivity contribution < 1.29 is 13.9 Å². The number of hydrogen-bond acceptors (Lipinski definition) is 6. The number of amides is 1. The van der Waals surface area contributed by atoms with E-state index in [0.29, 0.717) is 43.1 Å². The molecular weight excluding hydrogens is 411 g/mol. The fourth-order valence-corrected chi connectivity index (χ4v) is 3.90. The molecule has 0 bridgehead atoms. The summed E-state index contributed by atoms with van der Waals surface area (Å²) in [4.78, 5) is 23.5. The van der Waals surface area contributed by atoms with E-state index < -0.39 is 0 Å². The zero-order valence-electron chi connectivity index (χ0n) is 18.6. The van der Waals surface area contributed by atoms with E-state index in [1.54, 1.807) is 24.0 Å². The van der Waals surface area contributed by atoms with Gasteiger partial charge in [0, 0.05) is 37.0 Å². The summed E-state index contributed by atoms with van der Waals surface area (Å²) in [5, 5.41) is 7.52. The fourth-order valence-electron chi connectivity index (χ4n) is 3.90. The third-order valence-electron chi connectivity index (χ3n) is 5.70. The number of carbonyl (C=O) groups is 1. The van der Waals surface area contributed by atoms with Crippen molar-refractivity contribution >= 4 is 17.4 Å². The summed E-state index contributed by atoms with van der Waals surface area (Å²) in [7, 11) is 0. The predicted octanol–water partition coefficient (Wildman–Crippen LogP) is 3.13. The second kappa shape index (κ2) is 9.44. The number of carbonyl (C=O) groups excluding carboxylic acids is 1. The van der Waals surface area contributed by atoms with Crippen molar-refractivity contribution in [1.82, 2.24) is 19.7 Å². The molecule has 0 atom stereocenters. The maximum atomic E-state index is 13.3. The molecule has 9 heteroatoms. The molecular formula is C23H27FN6O2. The zero-order valence-corrected chi connectivity index (χ0v) is 18.6. The van der Waals surface area contributed by atoms with Crippen molar-refractivity contribution in [2.45, 2.75) is 33.6 Å². The Hall–Kier alpha value is -3.33. The zero-order chi connectivity index (χ0) is 22.7. The number of benzene rings is 1. The van der Waals surface area contributed by atoms with Crippen LogP contribution in [0.5, 0.6) is 0 Å². The van der Waals surface area contributed by atoms with E-state index in [4.69, 9.17) is 4.74 Å². The molecule has 2 aromatic heterocycles. The number of nitrogens with one attached hydrogen (secondary N) is 1. The molecule has 1 aliphatic rings. The first-order chi connectivity index (χ1) is 15.4. The molecule has 32 heavy (non-hydrogen) atoms. The number of nitrogens with zero attached hydrogens (tertiary/aromatic N) is 5. The first kappa shape index (κ1) is 21.9. The van der Waals surface area contributed by atoms with Crippen molar-refractivity contribution in [3.8, 4) is 5.82 Å². The minimum atomic E-state index is -0.319. The van der Waals surface area contributed by atoms with Gasteiger partial charge in [0.15, 0.2) is 5.82 Å². The Labute approximate surface area is 186 Å². The van der Waals surface area contributed by atoms with Gasteiger partial charge in [-0.15, -0.1) is 0 Å². The summed E-state index contributed by atoms with van der Waals surface area (Å²) in [5.41, 5.74) is 4.14. The molecule has 1 aromatic carbocycles. The van der Waals surface area contributed by atoms with Gasteiger partial charge in [-0.05, 0) is 56.5 Å². The first-order valence-electron chi connectivity index (χ1n) is 10.7. The lowest BCUT2D eigenvalue weighted by Gasteiger charge is -2.27. The number of anilines is 2. The Balaban J connectivity index is 1.47. The summed E-state index contributed by atoms with van der Waals surface area (Å²) in [6.07, 6.45) is 2.40. The Morgan fingerprint density at radius 1 is 1.12 bits per heavy atom. The van der Waals surface area contributed by atoms with Crippen LogP contribution in [0.3, 0.4) is 0 Å². The number of morpholine rings is 1. The maximum absolute atomic E-state index is 13.3. The maximum Gasteiger partial charge on any atom is 0.224 e. The van der Waals surface area contributed by atoms with Crippen LogP contribution in [-0.4, -0.2) is 52.0 Å². The number of aryl methyl sites for hydroxylation is 2. The third-order valence-corrected chi connectivity index (χ3v) is 5.70.